The van der Waals surface area contributed by atoms with Crippen LogP contribution in [-0.4, -0.2) is 69.4 Å². The quantitative estimate of drug-likeness (QED) is 0.661. The van der Waals surface area contributed by atoms with Crippen molar-refractivity contribution >= 4 is 33.2 Å². The molecule has 2 saturated heterocycles. The van der Waals surface area contributed by atoms with Gasteiger partial charge in [-0.05, 0) is 49.6 Å². The zero-order valence-corrected chi connectivity index (χ0v) is 19.9. The van der Waals surface area contributed by atoms with E-state index in [9.17, 15) is 13.2 Å². The molecule has 2 aliphatic heterocycles. The molecule has 2 heterocycles. The molecule has 0 bridgehead atoms. The third kappa shape index (κ3) is 4.44. The number of halogens is 1. The molecular formula is C23H28ClN3O4S. The van der Waals surface area contributed by atoms with Crippen LogP contribution in [0.2, 0.25) is 5.02 Å². The van der Waals surface area contributed by atoms with Crippen LogP contribution in [0.4, 0.5) is 5.69 Å². The average Bonchev–Trinajstić information content (AvgIpc) is 3.30. The SMILES string of the molecule is COc1ccc(C)c(S(=O)(=O)N2CCC[C@H]2C(=O)N2CCN(c3cccc(Cl)c3)CC2)c1. The molecule has 0 spiro atoms. The fourth-order valence-electron chi connectivity index (χ4n) is 4.45. The molecular weight excluding hydrogens is 450 g/mol. The molecule has 1 amide bonds. The first kappa shape index (κ1) is 22.9. The second-order valence-corrected chi connectivity index (χ2v) is 10.5. The number of carbonyl (C=O) groups excluding carboxylic acids is 1. The fourth-order valence-corrected chi connectivity index (χ4v) is 6.53. The van der Waals surface area contributed by atoms with Gasteiger partial charge in [0, 0.05) is 49.5 Å². The molecule has 1 atom stereocenters. The van der Waals surface area contributed by atoms with E-state index in [0.29, 0.717) is 61.9 Å². The maximum absolute atomic E-state index is 13.5. The lowest BCUT2D eigenvalue weighted by molar-refractivity contribution is -0.134. The maximum Gasteiger partial charge on any atom is 0.244 e. The Morgan fingerprint density at radius 1 is 1.06 bits per heavy atom. The number of piperazine rings is 1. The van der Waals surface area contributed by atoms with Gasteiger partial charge in [-0.15, -0.1) is 0 Å². The monoisotopic (exact) mass is 477 g/mol. The number of amides is 1. The Morgan fingerprint density at radius 3 is 2.50 bits per heavy atom. The number of carbonyl (C=O) groups is 1. The minimum absolute atomic E-state index is 0.114. The lowest BCUT2D eigenvalue weighted by Crippen LogP contribution is -2.54. The van der Waals surface area contributed by atoms with Crippen molar-refractivity contribution in [3.05, 3.63) is 53.1 Å². The Hall–Kier alpha value is -2.29. The van der Waals surface area contributed by atoms with Gasteiger partial charge in [0.1, 0.15) is 11.8 Å². The van der Waals surface area contributed by atoms with E-state index in [1.54, 1.807) is 24.0 Å². The highest BCUT2D eigenvalue weighted by Gasteiger charge is 2.42. The number of nitrogens with zero attached hydrogens (tertiary/aromatic N) is 3. The standard InChI is InChI=1S/C23H28ClN3O4S/c1-17-8-9-20(31-2)16-22(17)32(29,30)27-10-4-7-21(27)23(28)26-13-11-25(12-14-26)19-6-3-5-18(24)15-19/h3,5-6,8-9,15-16,21H,4,7,10-14H2,1-2H3/t21-/m0/s1. The van der Waals surface area contributed by atoms with E-state index in [2.05, 4.69) is 4.90 Å². The number of hydrogen-bond acceptors (Lipinski definition) is 5. The number of anilines is 1. The zero-order valence-electron chi connectivity index (χ0n) is 18.3. The second-order valence-electron chi connectivity index (χ2n) is 8.20. The van der Waals surface area contributed by atoms with Gasteiger partial charge in [-0.25, -0.2) is 8.42 Å². The molecule has 0 aromatic heterocycles. The Morgan fingerprint density at radius 2 is 1.81 bits per heavy atom. The highest BCUT2D eigenvalue weighted by Crippen LogP contribution is 2.31. The van der Waals surface area contributed by atoms with Crippen LogP contribution in [0, 0.1) is 6.92 Å². The highest BCUT2D eigenvalue weighted by atomic mass is 35.5. The summed E-state index contributed by atoms with van der Waals surface area (Å²) in [6.07, 6.45) is 1.21. The van der Waals surface area contributed by atoms with E-state index in [1.807, 2.05) is 24.3 Å². The Labute approximate surface area is 194 Å². The largest absolute Gasteiger partial charge is 0.497 e. The summed E-state index contributed by atoms with van der Waals surface area (Å²) in [5, 5.41) is 0.681. The van der Waals surface area contributed by atoms with E-state index in [-0.39, 0.29) is 10.8 Å². The Bertz CT molecular complexity index is 1100. The van der Waals surface area contributed by atoms with Crippen molar-refractivity contribution in [2.75, 3.05) is 44.7 Å². The molecule has 0 N–H and O–H groups in total. The first-order valence-electron chi connectivity index (χ1n) is 10.8. The van der Waals surface area contributed by atoms with Gasteiger partial charge in [-0.3, -0.25) is 4.79 Å². The van der Waals surface area contributed by atoms with E-state index in [0.717, 1.165) is 5.69 Å². The molecule has 0 radical (unpaired) electrons. The van der Waals surface area contributed by atoms with Crippen molar-refractivity contribution in [1.82, 2.24) is 9.21 Å². The first-order chi connectivity index (χ1) is 15.3. The van der Waals surface area contributed by atoms with Crippen molar-refractivity contribution in [3.63, 3.8) is 0 Å². The van der Waals surface area contributed by atoms with E-state index in [4.69, 9.17) is 16.3 Å². The smallest absolute Gasteiger partial charge is 0.244 e. The normalized spacial score (nSPS) is 19.9. The summed E-state index contributed by atoms with van der Waals surface area (Å²) in [5.41, 5.74) is 1.67. The van der Waals surface area contributed by atoms with Gasteiger partial charge in [-0.2, -0.15) is 4.31 Å². The van der Waals surface area contributed by atoms with Gasteiger partial charge in [0.15, 0.2) is 0 Å². The van der Waals surface area contributed by atoms with Crippen LogP contribution >= 0.6 is 11.6 Å². The topological polar surface area (TPSA) is 70.2 Å². The summed E-state index contributed by atoms with van der Waals surface area (Å²) in [4.78, 5) is 17.5. The number of benzene rings is 2. The summed E-state index contributed by atoms with van der Waals surface area (Å²) in [7, 11) is -2.31. The van der Waals surface area contributed by atoms with E-state index < -0.39 is 16.1 Å². The van der Waals surface area contributed by atoms with Gasteiger partial charge < -0.3 is 14.5 Å². The highest BCUT2D eigenvalue weighted by molar-refractivity contribution is 7.89. The van der Waals surface area contributed by atoms with Crippen LogP contribution in [0.5, 0.6) is 5.75 Å². The van der Waals surface area contributed by atoms with Crippen LogP contribution < -0.4 is 9.64 Å². The molecule has 0 saturated carbocycles. The first-order valence-corrected chi connectivity index (χ1v) is 12.6. The lowest BCUT2D eigenvalue weighted by Gasteiger charge is -2.38. The summed E-state index contributed by atoms with van der Waals surface area (Å²) in [6, 6.07) is 12.0. The van der Waals surface area contributed by atoms with Crippen LogP contribution in [0.3, 0.4) is 0 Å². The third-order valence-corrected chi connectivity index (χ3v) is 8.52. The van der Waals surface area contributed by atoms with E-state index >= 15 is 0 Å². The molecule has 32 heavy (non-hydrogen) atoms. The Balaban J connectivity index is 1.48. The summed E-state index contributed by atoms with van der Waals surface area (Å²) < 4.78 is 33.5. The third-order valence-electron chi connectivity index (χ3n) is 6.24. The predicted molar refractivity (Wildman–Crippen MR) is 125 cm³/mol. The molecule has 2 aromatic carbocycles. The Kier molecular flexibility index (Phi) is 6.65. The van der Waals surface area contributed by atoms with Crippen molar-refractivity contribution in [3.8, 4) is 5.75 Å². The lowest BCUT2D eigenvalue weighted by atomic mass is 10.1. The van der Waals surface area contributed by atoms with Gasteiger partial charge in [0.2, 0.25) is 15.9 Å². The number of rotatable bonds is 5. The van der Waals surface area contributed by atoms with Crippen molar-refractivity contribution in [1.29, 1.82) is 0 Å². The zero-order chi connectivity index (χ0) is 22.9. The van der Waals surface area contributed by atoms with E-state index in [1.165, 1.54) is 17.5 Å². The molecule has 2 aromatic rings. The van der Waals surface area contributed by atoms with Gasteiger partial charge in [-0.1, -0.05) is 23.7 Å². The number of methoxy groups -OCH3 is 1. The van der Waals surface area contributed by atoms with Gasteiger partial charge in [0.05, 0.1) is 12.0 Å². The van der Waals surface area contributed by atoms with Crippen LogP contribution in [-0.2, 0) is 14.8 Å². The van der Waals surface area contributed by atoms with Crippen LogP contribution in [0.15, 0.2) is 47.4 Å². The molecule has 0 aliphatic carbocycles. The number of ether oxygens (including phenoxy) is 1. The molecule has 172 valence electrons. The maximum atomic E-state index is 13.5. The van der Waals surface area contributed by atoms with Crippen LogP contribution in [0.25, 0.3) is 0 Å². The second kappa shape index (κ2) is 9.29. The van der Waals surface area contributed by atoms with Crippen molar-refractivity contribution in [2.24, 2.45) is 0 Å². The minimum Gasteiger partial charge on any atom is -0.497 e. The minimum atomic E-state index is -3.81. The van der Waals surface area contributed by atoms with Crippen molar-refractivity contribution < 1.29 is 17.9 Å². The molecule has 9 heteroatoms. The summed E-state index contributed by atoms with van der Waals surface area (Å²) >= 11 is 6.11. The molecule has 2 fully saturated rings. The number of aryl methyl sites for hydroxylation is 1. The molecule has 7 nitrogen and oxygen atoms in total. The fraction of sp³-hybridized carbons (Fsp3) is 0.435. The van der Waals surface area contributed by atoms with Gasteiger partial charge >= 0.3 is 0 Å². The number of sulfonamides is 1. The van der Waals surface area contributed by atoms with Crippen molar-refractivity contribution in [2.45, 2.75) is 30.7 Å². The molecule has 4 rings (SSSR count). The summed E-state index contributed by atoms with van der Waals surface area (Å²) in [5.74, 6) is 0.366. The van der Waals surface area contributed by atoms with Gasteiger partial charge in [0.25, 0.3) is 0 Å². The van der Waals surface area contributed by atoms with Crippen LogP contribution in [0.1, 0.15) is 18.4 Å². The number of hydrogen-bond donors (Lipinski definition) is 0. The molecule has 0 unspecified atom stereocenters. The predicted octanol–water partition coefficient (Wildman–Crippen LogP) is 3.16. The average molecular weight is 478 g/mol. The molecule has 2 aliphatic rings. The summed E-state index contributed by atoms with van der Waals surface area (Å²) in [6.45, 7) is 4.56.